The fraction of sp³-hybridized carbons (Fsp3) is 0.483. The molecule has 4 amide bonds. The monoisotopic (exact) mass is 1000 g/mol. The lowest BCUT2D eigenvalue weighted by molar-refractivity contribution is -0.157. The van der Waals surface area contributed by atoms with Crippen LogP contribution < -0.4 is 10.6 Å². The second kappa shape index (κ2) is 18.6. The van der Waals surface area contributed by atoms with E-state index in [1.807, 2.05) is 9.80 Å². The lowest BCUT2D eigenvalue weighted by atomic mass is 9.71. The number of amides is 4. The van der Waals surface area contributed by atoms with Crippen molar-refractivity contribution in [1.82, 2.24) is 40.4 Å². The number of nitrogens with one attached hydrogen (secondary N) is 4. The zero-order valence-corrected chi connectivity index (χ0v) is 42.4. The molecule has 6 aliphatic carbocycles. The van der Waals surface area contributed by atoms with Gasteiger partial charge < -0.3 is 49.3 Å². The van der Waals surface area contributed by atoms with Crippen molar-refractivity contribution in [2.75, 3.05) is 28.4 Å². The topological polar surface area (TPSA) is 193 Å². The summed E-state index contributed by atoms with van der Waals surface area (Å²) in [6, 6.07) is 24.8. The number of aromatic nitrogens is 4. The number of nitrogens with zero attached hydrogens (tertiary/aromatic N) is 4. The second-order valence-corrected chi connectivity index (χ2v) is 22.0. The molecule has 16 rings (SSSR count). The molecule has 4 aliphatic heterocycles. The van der Waals surface area contributed by atoms with Crippen molar-refractivity contribution < 1.29 is 38.1 Å². The Morgan fingerprint density at radius 2 is 1.01 bits per heavy atom. The first-order chi connectivity index (χ1) is 36.1. The van der Waals surface area contributed by atoms with Crippen LogP contribution in [0, 0.1) is 23.7 Å². The number of methoxy groups -OCH3 is 4. The summed E-state index contributed by atoms with van der Waals surface area (Å²) in [5, 5.41) is 5.62. The maximum Gasteiger partial charge on any atom is 0.407 e. The van der Waals surface area contributed by atoms with Crippen LogP contribution in [0.15, 0.2) is 72.8 Å². The summed E-state index contributed by atoms with van der Waals surface area (Å²) in [6.07, 6.45) is 9.02. The standard InChI is InChI=1S/C58H64N8O8/c1-71-51-37-9-5-7-35-27-45(65(49(35)37)55(67)47(51)63-57(69)73-3)53-59-41-21-19-33(25-43(41)61-53)39-23-29-11-15-31(39)17-13-30-12-16-32(18-14-29)40(24-30)34-20-22-42-44(26-34)62-54(60-42)46-28-36-8-6-10-38-50(36)66(46)56(68)48(52(38)72-2)64-58(70)74-4/h11-12,15-16,19-26,35-38,45-52H,5-10,13-14,17-18,27-28H2,1-4H3,(H,59,61)(H,60,62)(H,63,69)(H,64,70)/t35-,36-,37?,38?,45-,46-,47-,48?,49+,50+,51+,52+/m0/s1. The normalized spacial score (nSPS) is 30.0. The van der Waals surface area contributed by atoms with Crippen LogP contribution in [0.5, 0.6) is 0 Å². The van der Waals surface area contributed by atoms with Gasteiger partial charge in [-0.2, -0.15) is 0 Å². The van der Waals surface area contributed by atoms with E-state index in [0.717, 1.165) is 122 Å². The molecule has 384 valence electrons. The van der Waals surface area contributed by atoms with Gasteiger partial charge in [-0.15, -0.1) is 0 Å². The summed E-state index contributed by atoms with van der Waals surface area (Å²) >= 11 is 0. The third-order valence-corrected chi connectivity index (χ3v) is 18.4. The van der Waals surface area contributed by atoms with Crippen LogP contribution in [0.1, 0.15) is 97.4 Å². The summed E-state index contributed by atoms with van der Waals surface area (Å²) in [7, 11) is 5.89. The van der Waals surface area contributed by atoms with Gasteiger partial charge in [0.25, 0.3) is 0 Å². The number of alkyl carbamates (subject to hydrolysis) is 2. The van der Waals surface area contributed by atoms with Crippen LogP contribution in [0.25, 0.3) is 44.3 Å². The summed E-state index contributed by atoms with van der Waals surface area (Å²) in [5.41, 5.74) is 13.4. The van der Waals surface area contributed by atoms with Gasteiger partial charge >= 0.3 is 12.2 Å². The number of hydrogen-bond acceptors (Lipinski definition) is 10. The van der Waals surface area contributed by atoms with Gasteiger partial charge in [0.05, 0.1) is 60.6 Å². The predicted octanol–water partition coefficient (Wildman–Crippen LogP) is 8.28. The Bertz CT molecular complexity index is 3010. The molecule has 10 aliphatic rings. The summed E-state index contributed by atoms with van der Waals surface area (Å²) in [6.45, 7) is 0. The lowest BCUT2D eigenvalue weighted by Crippen LogP contribution is -2.66. The van der Waals surface area contributed by atoms with Gasteiger partial charge in [0.15, 0.2) is 0 Å². The highest BCUT2D eigenvalue weighted by atomic mass is 16.5. The number of aryl methyl sites for hydroxylation is 4. The van der Waals surface area contributed by atoms with E-state index >= 15 is 0 Å². The van der Waals surface area contributed by atoms with Gasteiger partial charge in [0.1, 0.15) is 23.7 Å². The predicted molar refractivity (Wildman–Crippen MR) is 276 cm³/mol. The molecule has 4 saturated heterocycles. The van der Waals surface area contributed by atoms with E-state index in [1.54, 1.807) is 14.2 Å². The van der Waals surface area contributed by atoms with Gasteiger partial charge in [-0.25, -0.2) is 19.6 Å². The number of benzene rings is 4. The molecule has 16 nitrogen and oxygen atoms in total. The minimum absolute atomic E-state index is 0.0298. The smallest absolute Gasteiger partial charge is 0.407 e. The van der Waals surface area contributed by atoms with E-state index in [9.17, 15) is 19.2 Å². The Morgan fingerprint density at radius 3 is 1.43 bits per heavy atom. The zero-order valence-electron chi connectivity index (χ0n) is 42.4. The van der Waals surface area contributed by atoms with Gasteiger partial charge in [-0.3, -0.25) is 9.59 Å². The van der Waals surface area contributed by atoms with Crippen LogP contribution in [-0.4, -0.2) is 119 Å². The minimum atomic E-state index is -0.833. The molecule has 6 fully saturated rings. The second-order valence-electron chi connectivity index (χ2n) is 22.0. The number of ether oxygens (including phenoxy) is 4. The third-order valence-electron chi connectivity index (χ3n) is 18.4. The number of imidazole rings is 2. The highest BCUT2D eigenvalue weighted by molar-refractivity contribution is 5.90. The Hall–Kier alpha value is -6.78. The number of H-pyrrole nitrogens is 2. The molecular weight excluding hydrogens is 937 g/mol. The Labute approximate surface area is 429 Å². The molecule has 6 aromatic rings. The van der Waals surface area contributed by atoms with Crippen LogP contribution in [0.2, 0.25) is 0 Å². The van der Waals surface area contributed by atoms with Crippen molar-refractivity contribution in [2.24, 2.45) is 23.7 Å². The average molecular weight is 1000 g/mol. The van der Waals surface area contributed by atoms with Crippen molar-refractivity contribution in [1.29, 1.82) is 0 Å². The molecule has 0 radical (unpaired) electrons. The van der Waals surface area contributed by atoms with Crippen molar-refractivity contribution in [3.8, 4) is 22.3 Å². The fourth-order valence-electron chi connectivity index (χ4n) is 15.2. The van der Waals surface area contributed by atoms with Crippen molar-refractivity contribution in [3.05, 3.63) is 107 Å². The summed E-state index contributed by atoms with van der Waals surface area (Å²) < 4.78 is 21.8. The average Bonchev–Trinajstić information content (AvgIpc) is 4.23. The number of hydrogen-bond donors (Lipinski definition) is 4. The number of aromatic amines is 2. The molecular formula is C58H64N8O8. The number of piperidine rings is 2. The molecule has 16 heteroatoms. The molecule has 12 atom stereocenters. The largest absolute Gasteiger partial charge is 0.453 e. The third kappa shape index (κ3) is 7.67. The molecule has 4 bridgehead atoms. The Balaban J connectivity index is 0.759. The van der Waals surface area contributed by atoms with Gasteiger partial charge in [-0.1, -0.05) is 61.4 Å². The molecule has 74 heavy (non-hydrogen) atoms. The van der Waals surface area contributed by atoms with E-state index in [-0.39, 0.29) is 47.8 Å². The molecule has 3 unspecified atom stereocenters. The minimum Gasteiger partial charge on any atom is -0.453 e. The first-order valence-electron chi connectivity index (χ1n) is 26.7. The van der Waals surface area contributed by atoms with E-state index in [1.165, 1.54) is 47.6 Å². The quantitative estimate of drug-likeness (QED) is 0.115. The Morgan fingerprint density at radius 1 is 0.568 bits per heavy atom. The molecule has 0 spiro atoms. The zero-order chi connectivity index (χ0) is 50.5. The number of rotatable bonds is 8. The van der Waals surface area contributed by atoms with Crippen LogP contribution in [0.3, 0.4) is 0 Å². The molecule has 2 aromatic heterocycles. The van der Waals surface area contributed by atoms with Crippen LogP contribution >= 0.6 is 0 Å². The van der Waals surface area contributed by atoms with Gasteiger partial charge in [-0.05, 0) is 145 Å². The van der Waals surface area contributed by atoms with E-state index in [4.69, 9.17) is 28.9 Å². The number of fused-ring (bicyclic) bond motifs is 2. The van der Waals surface area contributed by atoms with Crippen LogP contribution in [-0.2, 0) is 54.2 Å². The van der Waals surface area contributed by atoms with Crippen molar-refractivity contribution in [2.45, 2.75) is 126 Å². The maximum absolute atomic E-state index is 14.4. The van der Waals surface area contributed by atoms with Crippen molar-refractivity contribution >= 4 is 46.1 Å². The SMILES string of the molecule is COC(=O)NC1C(=O)N2[C@H](c3nc4ccc(-c5cc6ccc5CCc5ccc(c(-c7ccc8nc([C@@H]9C[C@@H]%10CCCC%11[C@@H](OC)[C@H](NC(=O)OC)C(=O)N9[C@@H]%11%10)[nH]c8c7)c5)CC6)cc4[nH]3)C[C@@H]3CCCC([C@H]1OC)[C@@H]32. The summed E-state index contributed by atoms with van der Waals surface area (Å²) in [4.78, 5) is 75.4. The number of carbonyl (C=O) groups is 4. The molecule has 6 heterocycles. The highest BCUT2D eigenvalue weighted by Crippen LogP contribution is 2.54. The first-order valence-corrected chi connectivity index (χ1v) is 26.7. The van der Waals surface area contributed by atoms with Gasteiger partial charge in [0, 0.05) is 38.1 Å². The molecule has 4 aromatic carbocycles. The van der Waals surface area contributed by atoms with E-state index in [2.05, 4.69) is 93.4 Å². The van der Waals surface area contributed by atoms with Crippen LogP contribution in [0.4, 0.5) is 9.59 Å². The molecule has 2 saturated carbocycles. The molecule has 4 N–H and O–H groups in total. The number of carbonyl (C=O) groups excluding carboxylic acids is 4. The van der Waals surface area contributed by atoms with Crippen molar-refractivity contribution in [3.63, 3.8) is 0 Å². The Kier molecular flexibility index (Phi) is 11.8. The lowest BCUT2D eigenvalue weighted by Gasteiger charge is -2.49. The fourth-order valence-corrected chi connectivity index (χ4v) is 15.2. The van der Waals surface area contributed by atoms with E-state index in [0.29, 0.717) is 11.8 Å². The maximum atomic E-state index is 14.4. The van der Waals surface area contributed by atoms with E-state index < -0.39 is 36.5 Å². The summed E-state index contributed by atoms with van der Waals surface area (Å²) in [5.74, 6) is 2.15. The van der Waals surface area contributed by atoms with Gasteiger partial charge in [0.2, 0.25) is 11.8 Å². The first kappa shape index (κ1) is 47.0. The highest BCUT2D eigenvalue weighted by Gasteiger charge is 2.60.